The first kappa shape index (κ1) is 15.6. The molecule has 0 fully saturated rings. The molecule has 6 heteroatoms. The van der Waals surface area contributed by atoms with E-state index in [4.69, 9.17) is 0 Å². The standard InChI is InChI=1S/C16H16N2O4/c1-3-11-7-5-9-13(17(19)20)15(11)16-12(4-2)8-6-10-14(16)18(21)22/h5-10H,3-4H2,1-2H3. The molecule has 6 nitrogen and oxygen atoms in total. The Morgan fingerprint density at radius 3 is 1.41 bits per heavy atom. The van der Waals surface area contributed by atoms with Crippen LogP contribution in [0.5, 0.6) is 0 Å². The van der Waals surface area contributed by atoms with Crippen LogP contribution >= 0.6 is 0 Å². The molecule has 0 aromatic heterocycles. The molecule has 0 aliphatic heterocycles. The molecule has 2 aromatic carbocycles. The van der Waals surface area contributed by atoms with E-state index in [1.807, 2.05) is 13.8 Å². The number of aryl methyl sites for hydroxylation is 2. The summed E-state index contributed by atoms with van der Waals surface area (Å²) in [6.45, 7) is 3.76. The van der Waals surface area contributed by atoms with Gasteiger partial charge in [0.2, 0.25) is 0 Å². The van der Waals surface area contributed by atoms with Crippen LogP contribution in [0.4, 0.5) is 11.4 Å². The lowest BCUT2D eigenvalue weighted by molar-refractivity contribution is -0.386. The minimum absolute atomic E-state index is 0.0941. The van der Waals surface area contributed by atoms with Crippen LogP contribution in [0.1, 0.15) is 25.0 Å². The molecule has 0 radical (unpaired) electrons. The Morgan fingerprint density at radius 2 is 1.14 bits per heavy atom. The number of nitro groups is 2. The molecule has 2 aromatic rings. The van der Waals surface area contributed by atoms with Gasteiger partial charge in [-0.25, -0.2) is 0 Å². The maximum absolute atomic E-state index is 11.4. The van der Waals surface area contributed by atoms with Gasteiger partial charge in [0.05, 0.1) is 21.0 Å². The highest BCUT2D eigenvalue weighted by Crippen LogP contribution is 2.41. The summed E-state index contributed by atoms with van der Waals surface area (Å²) < 4.78 is 0. The van der Waals surface area contributed by atoms with Gasteiger partial charge in [-0.3, -0.25) is 20.2 Å². The van der Waals surface area contributed by atoms with E-state index >= 15 is 0 Å². The van der Waals surface area contributed by atoms with Gasteiger partial charge >= 0.3 is 0 Å². The SMILES string of the molecule is CCc1cccc([N+](=O)[O-])c1-c1c(CC)cccc1[N+](=O)[O-]. The van der Waals surface area contributed by atoms with Crippen LogP contribution in [-0.4, -0.2) is 9.85 Å². The Balaban J connectivity index is 2.92. The summed E-state index contributed by atoms with van der Waals surface area (Å²) in [4.78, 5) is 21.8. The number of rotatable bonds is 5. The summed E-state index contributed by atoms with van der Waals surface area (Å²) in [5.41, 5.74) is 2.00. The molecular formula is C16H16N2O4. The van der Waals surface area contributed by atoms with Crippen molar-refractivity contribution in [3.8, 4) is 11.1 Å². The van der Waals surface area contributed by atoms with E-state index in [2.05, 4.69) is 0 Å². The van der Waals surface area contributed by atoms with E-state index in [0.717, 1.165) is 11.1 Å². The predicted molar refractivity (Wildman–Crippen MR) is 83.9 cm³/mol. The first-order chi connectivity index (χ1) is 10.5. The molecule has 0 saturated carbocycles. The molecule has 0 heterocycles. The smallest absolute Gasteiger partial charge is 0.258 e. The van der Waals surface area contributed by atoms with E-state index in [9.17, 15) is 20.2 Å². The lowest BCUT2D eigenvalue weighted by Crippen LogP contribution is -2.02. The molecule has 0 unspecified atom stereocenters. The number of benzene rings is 2. The third kappa shape index (κ3) is 2.67. The second kappa shape index (κ2) is 6.34. The van der Waals surface area contributed by atoms with Crippen molar-refractivity contribution in [3.63, 3.8) is 0 Å². The van der Waals surface area contributed by atoms with Crippen molar-refractivity contribution in [1.82, 2.24) is 0 Å². The van der Waals surface area contributed by atoms with Gasteiger partial charge in [0.1, 0.15) is 0 Å². The average Bonchev–Trinajstić information content (AvgIpc) is 2.52. The molecule has 0 aliphatic carbocycles. The van der Waals surface area contributed by atoms with E-state index in [0.29, 0.717) is 24.0 Å². The second-order valence-electron chi connectivity index (χ2n) is 4.84. The fourth-order valence-corrected chi connectivity index (χ4v) is 2.64. The minimum Gasteiger partial charge on any atom is -0.258 e. The highest BCUT2D eigenvalue weighted by Gasteiger charge is 2.27. The van der Waals surface area contributed by atoms with E-state index in [1.165, 1.54) is 12.1 Å². The quantitative estimate of drug-likeness (QED) is 0.608. The second-order valence-corrected chi connectivity index (χ2v) is 4.84. The van der Waals surface area contributed by atoms with Crippen LogP contribution in [-0.2, 0) is 12.8 Å². The largest absolute Gasteiger partial charge is 0.277 e. The molecular weight excluding hydrogens is 284 g/mol. The highest BCUT2D eigenvalue weighted by atomic mass is 16.6. The van der Waals surface area contributed by atoms with Gasteiger partial charge in [0.15, 0.2) is 0 Å². The monoisotopic (exact) mass is 300 g/mol. The predicted octanol–water partition coefficient (Wildman–Crippen LogP) is 4.29. The molecule has 0 aliphatic rings. The van der Waals surface area contributed by atoms with Gasteiger partial charge in [-0.05, 0) is 24.0 Å². The fourth-order valence-electron chi connectivity index (χ4n) is 2.64. The van der Waals surface area contributed by atoms with Gasteiger partial charge in [-0.15, -0.1) is 0 Å². The summed E-state index contributed by atoms with van der Waals surface area (Å²) in [5.74, 6) is 0. The van der Waals surface area contributed by atoms with Crippen molar-refractivity contribution in [1.29, 1.82) is 0 Å². The number of hydrogen-bond donors (Lipinski definition) is 0. The molecule has 0 bridgehead atoms. The van der Waals surface area contributed by atoms with Crippen LogP contribution in [0.25, 0.3) is 11.1 Å². The fraction of sp³-hybridized carbons (Fsp3) is 0.250. The van der Waals surface area contributed by atoms with Crippen LogP contribution in [0.15, 0.2) is 36.4 Å². The Morgan fingerprint density at radius 1 is 0.773 bits per heavy atom. The summed E-state index contributed by atoms with van der Waals surface area (Å²) >= 11 is 0. The molecule has 2 rings (SSSR count). The zero-order chi connectivity index (χ0) is 16.3. The third-order valence-corrected chi connectivity index (χ3v) is 3.66. The normalized spacial score (nSPS) is 10.5. The highest BCUT2D eigenvalue weighted by molar-refractivity contribution is 5.85. The first-order valence-corrected chi connectivity index (χ1v) is 7.04. The van der Waals surface area contributed by atoms with Crippen LogP contribution in [0.3, 0.4) is 0 Å². The summed E-state index contributed by atoms with van der Waals surface area (Å²) in [6, 6.07) is 9.56. The summed E-state index contributed by atoms with van der Waals surface area (Å²) in [5, 5.41) is 22.8. The first-order valence-electron chi connectivity index (χ1n) is 7.04. The number of hydrogen-bond acceptors (Lipinski definition) is 4. The average molecular weight is 300 g/mol. The Hall–Kier alpha value is -2.76. The van der Waals surface area contributed by atoms with Crippen molar-refractivity contribution in [2.45, 2.75) is 26.7 Å². The zero-order valence-corrected chi connectivity index (χ0v) is 12.4. The summed E-state index contributed by atoms with van der Waals surface area (Å²) in [6.07, 6.45) is 1.12. The van der Waals surface area contributed by atoms with Gasteiger partial charge < -0.3 is 0 Å². The minimum atomic E-state index is -0.481. The van der Waals surface area contributed by atoms with Crippen molar-refractivity contribution in [2.24, 2.45) is 0 Å². The van der Waals surface area contributed by atoms with E-state index in [-0.39, 0.29) is 11.4 Å². The molecule has 0 N–H and O–H groups in total. The Kier molecular flexibility index (Phi) is 4.50. The van der Waals surface area contributed by atoms with Crippen LogP contribution in [0, 0.1) is 20.2 Å². The maximum atomic E-state index is 11.4. The maximum Gasteiger partial charge on any atom is 0.277 e. The van der Waals surface area contributed by atoms with Crippen molar-refractivity contribution < 1.29 is 9.85 Å². The molecule has 22 heavy (non-hydrogen) atoms. The third-order valence-electron chi connectivity index (χ3n) is 3.66. The number of nitrogens with zero attached hydrogens (tertiary/aromatic N) is 2. The lowest BCUT2D eigenvalue weighted by atomic mass is 9.90. The van der Waals surface area contributed by atoms with Gasteiger partial charge in [0.25, 0.3) is 11.4 Å². The van der Waals surface area contributed by atoms with Gasteiger partial charge in [-0.2, -0.15) is 0 Å². The number of nitro benzene ring substituents is 2. The molecule has 0 saturated heterocycles. The van der Waals surface area contributed by atoms with Crippen molar-refractivity contribution in [3.05, 3.63) is 67.8 Å². The molecule has 0 amide bonds. The van der Waals surface area contributed by atoms with Gasteiger partial charge in [0, 0.05) is 12.1 Å². The molecule has 0 atom stereocenters. The Labute approximate surface area is 127 Å². The summed E-state index contributed by atoms with van der Waals surface area (Å²) in [7, 11) is 0. The van der Waals surface area contributed by atoms with Crippen LogP contribution < -0.4 is 0 Å². The van der Waals surface area contributed by atoms with Crippen molar-refractivity contribution in [2.75, 3.05) is 0 Å². The molecule has 114 valence electrons. The zero-order valence-electron chi connectivity index (χ0n) is 12.4. The van der Waals surface area contributed by atoms with E-state index < -0.39 is 9.85 Å². The molecule has 0 spiro atoms. The van der Waals surface area contributed by atoms with Gasteiger partial charge in [-0.1, -0.05) is 38.1 Å². The Bertz CT molecular complexity index is 677. The van der Waals surface area contributed by atoms with Crippen LogP contribution in [0.2, 0.25) is 0 Å². The lowest BCUT2D eigenvalue weighted by Gasteiger charge is -2.13. The van der Waals surface area contributed by atoms with Crippen molar-refractivity contribution >= 4 is 11.4 Å². The van der Waals surface area contributed by atoms with E-state index in [1.54, 1.807) is 24.3 Å². The topological polar surface area (TPSA) is 86.3 Å².